The predicted molar refractivity (Wildman–Crippen MR) is 95.1 cm³/mol. The molecule has 0 aromatic carbocycles. The Balaban J connectivity index is 1.60. The van der Waals surface area contributed by atoms with E-state index >= 15 is 0 Å². The summed E-state index contributed by atoms with van der Waals surface area (Å²) in [5.74, 6) is -0.344. The molecule has 3 rings (SSSR count). The van der Waals surface area contributed by atoms with Crippen LogP contribution in [0.5, 0.6) is 0 Å². The maximum absolute atomic E-state index is 12.6. The molecule has 3 aliphatic rings. The Morgan fingerprint density at radius 3 is 2.46 bits per heavy atom. The van der Waals surface area contributed by atoms with Crippen molar-refractivity contribution in [1.82, 2.24) is 10.2 Å². The molecule has 3 fully saturated rings. The standard InChI is InChI=1S/C19H32N2O5/c1-18(2)13-4-5-19(18,3)16(24)12(13)10-15(23)20-14(11-22)17(25)21-6-8-26-9-7-21/h12-14,16,22,24H,4-11H2,1-3H3,(H,20,23). The molecule has 3 N–H and O–H groups in total. The number of carbonyl (C=O) groups is 2. The first-order valence-corrected chi connectivity index (χ1v) is 9.67. The number of rotatable bonds is 5. The van der Waals surface area contributed by atoms with Gasteiger partial charge in [0.1, 0.15) is 6.04 Å². The summed E-state index contributed by atoms with van der Waals surface area (Å²) in [6, 6.07) is -0.931. The Labute approximate surface area is 155 Å². The third kappa shape index (κ3) is 3.04. The molecule has 0 radical (unpaired) electrons. The zero-order chi connectivity index (χ0) is 19.1. The van der Waals surface area contributed by atoms with Crippen molar-refractivity contribution < 1.29 is 24.5 Å². The molecule has 1 heterocycles. The molecular formula is C19H32N2O5. The molecule has 2 bridgehead atoms. The Bertz CT molecular complexity index is 560. The highest BCUT2D eigenvalue weighted by molar-refractivity contribution is 5.88. The van der Waals surface area contributed by atoms with Crippen LogP contribution < -0.4 is 5.32 Å². The van der Waals surface area contributed by atoms with Crippen LogP contribution in [-0.4, -0.2) is 72.0 Å². The van der Waals surface area contributed by atoms with Crippen molar-refractivity contribution in [2.45, 2.75) is 52.2 Å². The average molecular weight is 368 g/mol. The van der Waals surface area contributed by atoms with E-state index in [0.29, 0.717) is 32.2 Å². The van der Waals surface area contributed by atoms with Crippen LogP contribution in [0.2, 0.25) is 0 Å². The van der Waals surface area contributed by atoms with Crippen molar-refractivity contribution >= 4 is 11.8 Å². The summed E-state index contributed by atoms with van der Waals surface area (Å²) in [6.45, 7) is 7.95. The number of aliphatic hydroxyl groups excluding tert-OH is 2. The Kier molecular flexibility index (Phi) is 5.34. The Hall–Kier alpha value is -1.18. The number of carbonyl (C=O) groups excluding carboxylic acids is 2. The summed E-state index contributed by atoms with van der Waals surface area (Å²) < 4.78 is 5.23. The maximum atomic E-state index is 12.6. The first-order chi connectivity index (χ1) is 12.2. The normalized spacial score (nSPS) is 36.8. The third-order valence-corrected chi connectivity index (χ3v) is 7.51. The molecule has 26 heavy (non-hydrogen) atoms. The van der Waals surface area contributed by atoms with E-state index in [9.17, 15) is 19.8 Å². The van der Waals surface area contributed by atoms with E-state index in [1.807, 2.05) is 0 Å². The quantitative estimate of drug-likeness (QED) is 0.641. The van der Waals surface area contributed by atoms with E-state index < -0.39 is 18.8 Å². The summed E-state index contributed by atoms with van der Waals surface area (Å²) in [7, 11) is 0. The molecule has 5 unspecified atom stereocenters. The van der Waals surface area contributed by atoms with Gasteiger partial charge in [0.2, 0.25) is 11.8 Å². The fraction of sp³-hybridized carbons (Fsp3) is 0.895. The van der Waals surface area contributed by atoms with Crippen LogP contribution in [0.3, 0.4) is 0 Å². The summed E-state index contributed by atoms with van der Waals surface area (Å²) >= 11 is 0. The van der Waals surface area contributed by atoms with Gasteiger partial charge >= 0.3 is 0 Å². The van der Waals surface area contributed by atoms with E-state index in [0.717, 1.165) is 12.8 Å². The van der Waals surface area contributed by atoms with Crippen LogP contribution in [0.1, 0.15) is 40.0 Å². The van der Waals surface area contributed by atoms with Gasteiger partial charge in [-0.05, 0) is 35.5 Å². The molecule has 2 amide bonds. The largest absolute Gasteiger partial charge is 0.394 e. The topological polar surface area (TPSA) is 99.1 Å². The van der Waals surface area contributed by atoms with Crippen molar-refractivity contribution in [3.8, 4) is 0 Å². The summed E-state index contributed by atoms with van der Waals surface area (Å²) in [5, 5.41) is 23.1. The lowest BCUT2D eigenvalue weighted by molar-refractivity contribution is -0.141. The molecule has 1 saturated heterocycles. The zero-order valence-corrected chi connectivity index (χ0v) is 16.0. The molecule has 7 nitrogen and oxygen atoms in total. The molecule has 0 aromatic rings. The molecule has 1 aliphatic heterocycles. The fourth-order valence-electron chi connectivity index (χ4n) is 5.44. The SMILES string of the molecule is CC1(C)C2CCC1(C)C(O)C2CC(=O)NC(CO)C(=O)N1CCOCC1. The molecule has 0 aromatic heterocycles. The van der Waals surface area contributed by atoms with E-state index in [2.05, 4.69) is 26.1 Å². The third-order valence-electron chi connectivity index (χ3n) is 7.51. The van der Waals surface area contributed by atoms with Crippen LogP contribution in [0.15, 0.2) is 0 Å². The van der Waals surface area contributed by atoms with E-state index in [-0.39, 0.29) is 35.0 Å². The van der Waals surface area contributed by atoms with Gasteiger partial charge in [-0.2, -0.15) is 0 Å². The zero-order valence-electron chi connectivity index (χ0n) is 16.0. The van der Waals surface area contributed by atoms with Crippen LogP contribution in [-0.2, 0) is 14.3 Å². The number of nitrogens with zero attached hydrogens (tertiary/aromatic N) is 1. The minimum Gasteiger partial charge on any atom is -0.394 e. The first kappa shape index (κ1) is 19.6. The lowest BCUT2D eigenvalue weighted by Gasteiger charge is -2.37. The van der Waals surface area contributed by atoms with Crippen molar-refractivity contribution in [1.29, 1.82) is 0 Å². The second-order valence-corrected chi connectivity index (χ2v) is 8.84. The van der Waals surface area contributed by atoms with Crippen molar-refractivity contribution in [3.63, 3.8) is 0 Å². The van der Waals surface area contributed by atoms with Gasteiger partial charge in [0, 0.05) is 19.5 Å². The molecule has 2 saturated carbocycles. The van der Waals surface area contributed by atoms with Crippen LogP contribution in [0.25, 0.3) is 0 Å². The second-order valence-electron chi connectivity index (χ2n) is 8.84. The number of ether oxygens (including phenoxy) is 1. The number of hydrogen-bond donors (Lipinski definition) is 3. The van der Waals surface area contributed by atoms with Gasteiger partial charge in [-0.15, -0.1) is 0 Å². The molecule has 148 valence electrons. The van der Waals surface area contributed by atoms with Gasteiger partial charge in [0.15, 0.2) is 0 Å². The second kappa shape index (κ2) is 7.09. The summed E-state index contributed by atoms with van der Waals surface area (Å²) in [5.41, 5.74) is -0.167. The lowest BCUT2D eigenvalue weighted by atomic mass is 9.70. The fourth-order valence-corrected chi connectivity index (χ4v) is 5.44. The van der Waals surface area contributed by atoms with Crippen molar-refractivity contribution in [2.24, 2.45) is 22.7 Å². The van der Waals surface area contributed by atoms with Gasteiger partial charge in [-0.1, -0.05) is 20.8 Å². The highest BCUT2D eigenvalue weighted by atomic mass is 16.5. The molecule has 7 heteroatoms. The minimum atomic E-state index is -0.931. The van der Waals surface area contributed by atoms with Crippen molar-refractivity contribution in [2.75, 3.05) is 32.9 Å². The lowest BCUT2D eigenvalue weighted by Crippen LogP contribution is -2.53. The molecular weight excluding hydrogens is 336 g/mol. The number of morpholine rings is 1. The van der Waals surface area contributed by atoms with Crippen LogP contribution in [0.4, 0.5) is 0 Å². The van der Waals surface area contributed by atoms with E-state index in [1.165, 1.54) is 0 Å². The highest BCUT2D eigenvalue weighted by Crippen LogP contribution is 2.68. The van der Waals surface area contributed by atoms with Gasteiger partial charge in [0.25, 0.3) is 0 Å². The number of nitrogens with one attached hydrogen (secondary N) is 1. The maximum Gasteiger partial charge on any atom is 0.247 e. The smallest absolute Gasteiger partial charge is 0.247 e. The van der Waals surface area contributed by atoms with Gasteiger partial charge < -0.3 is 25.2 Å². The van der Waals surface area contributed by atoms with Gasteiger partial charge in [0.05, 0.1) is 25.9 Å². The number of aliphatic hydroxyl groups is 2. The monoisotopic (exact) mass is 368 g/mol. The minimum absolute atomic E-state index is 0.00262. The molecule has 0 spiro atoms. The summed E-state index contributed by atoms with van der Waals surface area (Å²) in [4.78, 5) is 26.7. The first-order valence-electron chi connectivity index (χ1n) is 9.67. The highest BCUT2D eigenvalue weighted by Gasteiger charge is 2.65. The van der Waals surface area contributed by atoms with Crippen LogP contribution >= 0.6 is 0 Å². The Morgan fingerprint density at radius 2 is 1.92 bits per heavy atom. The van der Waals surface area contributed by atoms with Crippen molar-refractivity contribution in [3.05, 3.63) is 0 Å². The number of hydrogen-bond acceptors (Lipinski definition) is 5. The number of amides is 2. The average Bonchev–Trinajstić information content (AvgIpc) is 2.93. The number of fused-ring (bicyclic) bond motifs is 2. The summed E-state index contributed by atoms with van der Waals surface area (Å²) in [6.07, 6.45) is 1.69. The molecule has 2 aliphatic carbocycles. The Morgan fingerprint density at radius 1 is 1.27 bits per heavy atom. The predicted octanol–water partition coefficient (Wildman–Crippen LogP) is 0.146. The van der Waals surface area contributed by atoms with Gasteiger partial charge in [-0.3, -0.25) is 9.59 Å². The van der Waals surface area contributed by atoms with E-state index in [4.69, 9.17) is 4.74 Å². The van der Waals surface area contributed by atoms with Crippen LogP contribution in [0, 0.1) is 22.7 Å². The van der Waals surface area contributed by atoms with E-state index in [1.54, 1.807) is 4.90 Å². The van der Waals surface area contributed by atoms with Gasteiger partial charge in [-0.25, -0.2) is 0 Å². The molecule has 5 atom stereocenters.